The second-order valence-electron chi connectivity index (χ2n) is 6.50. The molecule has 0 aromatic carbocycles. The molecule has 0 spiro atoms. The molecule has 1 aliphatic heterocycles. The van der Waals surface area contributed by atoms with Crippen LogP contribution < -0.4 is 0 Å². The maximum absolute atomic E-state index is 14.6. The molecule has 2 heterocycles. The van der Waals surface area contributed by atoms with Gasteiger partial charge in [-0.15, -0.1) is 0 Å². The number of allylic oxidation sites excluding steroid dienone is 5. The molecule has 1 aliphatic carbocycles. The number of fused-ring (bicyclic) bond motifs is 1. The molecule has 1 unspecified atom stereocenters. The molecule has 0 N–H and O–H groups in total. The van der Waals surface area contributed by atoms with Crippen molar-refractivity contribution in [2.45, 2.75) is 32.8 Å². The summed E-state index contributed by atoms with van der Waals surface area (Å²) in [6.45, 7) is 3.67. The van der Waals surface area contributed by atoms with Crippen LogP contribution in [-0.4, -0.2) is 28.5 Å². The molecule has 0 fully saturated rings. The summed E-state index contributed by atoms with van der Waals surface area (Å²) < 4.78 is 40.8. The Morgan fingerprint density at radius 1 is 1.46 bits per heavy atom. The topological polar surface area (TPSA) is 53.4 Å². The summed E-state index contributed by atoms with van der Waals surface area (Å²) in [6, 6.07) is 0. The highest BCUT2D eigenvalue weighted by molar-refractivity contribution is 5.83. The minimum Gasteiger partial charge on any atom is -0.493 e. The quantitative estimate of drug-likeness (QED) is 0.711. The second kappa shape index (κ2) is 8.37. The van der Waals surface area contributed by atoms with Crippen LogP contribution in [0, 0.1) is 6.92 Å². The summed E-state index contributed by atoms with van der Waals surface area (Å²) in [5.74, 6) is 0.722. The number of aryl methyl sites for hydroxylation is 1. The van der Waals surface area contributed by atoms with Crippen molar-refractivity contribution >= 4 is 12.0 Å². The maximum Gasteiger partial charge on any atom is 0.149 e. The van der Waals surface area contributed by atoms with Gasteiger partial charge >= 0.3 is 0 Å². The Hall–Kier alpha value is -2.96. The van der Waals surface area contributed by atoms with Gasteiger partial charge in [0.1, 0.15) is 41.3 Å². The summed E-state index contributed by atoms with van der Waals surface area (Å²) in [5.41, 5.74) is 2.10. The van der Waals surface area contributed by atoms with Crippen LogP contribution in [0.25, 0.3) is 5.76 Å². The molecule has 0 saturated heterocycles. The average Bonchev–Trinajstić information content (AvgIpc) is 2.87. The van der Waals surface area contributed by atoms with E-state index in [9.17, 15) is 13.6 Å². The fourth-order valence-electron chi connectivity index (χ4n) is 3.30. The van der Waals surface area contributed by atoms with E-state index in [1.807, 2.05) is 18.5 Å². The smallest absolute Gasteiger partial charge is 0.149 e. The molecule has 0 amide bonds. The molecule has 2 aliphatic rings. The van der Waals surface area contributed by atoms with E-state index < -0.39 is 11.9 Å². The average molecular weight is 388 g/mol. The number of hydrogen-bond acceptors (Lipinski definition) is 4. The number of hydrogen-bond donors (Lipinski definition) is 0. The minimum atomic E-state index is -0.705. The molecule has 0 saturated carbocycles. The third-order valence-corrected chi connectivity index (χ3v) is 4.85. The van der Waals surface area contributed by atoms with Crippen molar-refractivity contribution < 1.29 is 23.0 Å². The molecule has 28 heavy (non-hydrogen) atoms. The first-order valence-corrected chi connectivity index (χ1v) is 9.02. The molecular weight excluding hydrogens is 366 g/mol. The Kier molecular flexibility index (Phi) is 5.92. The van der Waals surface area contributed by atoms with Gasteiger partial charge in [-0.2, -0.15) is 0 Å². The van der Waals surface area contributed by atoms with Crippen molar-refractivity contribution in [2.24, 2.45) is 7.05 Å². The Labute approximate surface area is 162 Å². The van der Waals surface area contributed by atoms with Gasteiger partial charge in [-0.1, -0.05) is 12.2 Å². The summed E-state index contributed by atoms with van der Waals surface area (Å²) in [4.78, 5) is 15.9. The van der Waals surface area contributed by atoms with Crippen LogP contribution in [0.3, 0.4) is 0 Å². The summed E-state index contributed by atoms with van der Waals surface area (Å²) in [7, 11) is 1.89. The number of aldehydes is 1. The fraction of sp³-hybridized carbons (Fsp3) is 0.333. The van der Waals surface area contributed by atoms with Gasteiger partial charge in [0.15, 0.2) is 0 Å². The SMILES string of the molecule is C/C=C(/F)C1=C(/C=C/F)OCCC1OC1=CC(C=O)=CCc2c1nc(C)n2C. The molecule has 0 bridgehead atoms. The third kappa shape index (κ3) is 3.69. The zero-order chi connectivity index (χ0) is 20.3. The summed E-state index contributed by atoms with van der Waals surface area (Å²) >= 11 is 0. The van der Waals surface area contributed by atoms with Crippen molar-refractivity contribution in [1.82, 2.24) is 9.55 Å². The van der Waals surface area contributed by atoms with Crippen molar-refractivity contribution in [3.63, 3.8) is 0 Å². The molecular formula is C21H22F2N2O3. The van der Waals surface area contributed by atoms with Crippen LogP contribution in [0.4, 0.5) is 8.78 Å². The van der Waals surface area contributed by atoms with E-state index in [0.717, 1.165) is 23.9 Å². The van der Waals surface area contributed by atoms with Crippen LogP contribution >= 0.6 is 0 Å². The second-order valence-corrected chi connectivity index (χ2v) is 6.50. The van der Waals surface area contributed by atoms with Crippen LogP contribution in [0.15, 0.2) is 53.4 Å². The fourth-order valence-corrected chi connectivity index (χ4v) is 3.30. The molecule has 3 rings (SSSR count). The van der Waals surface area contributed by atoms with Gasteiger partial charge in [-0.05, 0) is 19.9 Å². The number of aromatic nitrogens is 2. The number of halogens is 2. The van der Waals surface area contributed by atoms with E-state index in [-0.39, 0.29) is 17.9 Å². The van der Waals surface area contributed by atoms with Crippen LogP contribution in [0.5, 0.6) is 0 Å². The Bertz CT molecular complexity index is 936. The lowest BCUT2D eigenvalue weighted by Crippen LogP contribution is -2.25. The highest BCUT2D eigenvalue weighted by Gasteiger charge is 2.31. The van der Waals surface area contributed by atoms with E-state index in [0.29, 0.717) is 36.2 Å². The molecule has 7 heteroatoms. The largest absolute Gasteiger partial charge is 0.493 e. The lowest BCUT2D eigenvalue weighted by atomic mass is 10.0. The summed E-state index contributed by atoms with van der Waals surface area (Å²) in [6.07, 6.45) is 7.00. The zero-order valence-corrected chi connectivity index (χ0v) is 16.0. The van der Waals surface area contributed by atoms with E-state index in [4.69, 9.17) is 9.47 Å². The third-order valence-electron chi connectivity index (χ3n) is 4.85. The van der Waals surface area contributed by atoms with Crippen molar-refractivity contribution in [3.05, 3.63) is 70.6 Å². The van der Waals surface area contributed by atoms with Crippen LogP contribution in [0.1, 0.15) is 30.6 Å². The standard InChI is InChI=1S/C21H22F2N2O3/c1-4-15(23)20-17(7-9-22)27-10-8-18(20)28-19-11-14(12-26)5-6-16-21(19)24-13(2)25(16)3/h4-5,7,9,11-12,18H,6,8,10H2,1-3H3/b9-7+,15-4+. The lowest BCUT2D eigenvalue weighted by molar-refractivity contribution is -0.104. The molecule has 1 aromatic rings. The van der Waals surface area contributed by atoms with Crippen LogP contribution in [0.2, 0.25) is 0 Å². The number of carbonyl (C=O) groups excluding carboxylic acids is 1. The van der Waals surface area contributed by atoms with Crippen molar-refractivity contribution in [3.8, 4) is 0 Å². The van der Waals surface area contributed by atoms with Crippen molar-refractivity contribution in [2.75, 3.05) is 6.61 Å². The molecule has 0 radical (unpaired) electrons. The van der Waals surface area contributed by atoms with Gasteiger partial charge in [0.05, 0.1) is 24.2 Å². The molecule has 5 nitrogen and oxygen atoms in total. The van der Waals surface area contributed by atoms with Gasteiger partial charge in [-0.25, -0.2) is 13.8 Å². The summed E-state index contributed by atoms with van der Waals surface area (Å²) in [5, 5.41) is 0. The number of nitrogens with zero attached hydrogens (tertiary/aromatic N) is 2. The minimum absolute atomic E-state index is 0.0900. The highest BCUT2D eigenvalue weighted by atomic mass is 19.1. The predicted octanol–water partition coefficient (Wildman–Crippen LogP) is 4.17. The van der Waals surface area contributed by atoms with Gasteiger partial charge in [0.2, 0.25) is 0 Å². The Morgan fingerprint density at radius 2 is 2.25 bits per heavy atom. The van der Waals surface area contributed by atoms with Gasteiger partial charge in [-0.3, -0.25) is 4.79 Å². The monoisotopic (exact) mass is 388 g/mol. The van der Waals surface area contributed by atoms with E-state index in [1.165, 1.54) is 6.08 Å². The molecule has 148 valence electrons. The molecule has 1 atom stereocenters. The molecule has 1 aromatic heterocycles. The Morgan fingerprint density at radius 3 is 2.93 bits per heavy atom. The Balaban J connectivity index is 2.06. The zero-order valence-electron chi connectivity index (χ0n) is 16.0. The van der Waals surface area contributed by atoms with E-state index in [1.54, 1.807) is 19.1 Å². The number of carbonyl (C=O) groups is 1. The lowest BCUT2D eigenvalue weighted by Gasteiger charge is -2.28. The van der Waals surface area contributed by atoms with Crippen LogP contribution in [-0.2, 0) is 27.7 Å². The van der Waals surface area contributed by atoms with Gasteiger partial charge < -0.3 is 14.0 Å². The van der Waals surface area contributed by atoms with E-state index in [2.05, 4.69) is 4.98 Å². The maximum atomic E-state index is 14.6. The first-order chi connectivity index (χ1) is 13.5. The van der Waals surface area contributed by atoms with Gasteiger partial charge in [0.25, 0.3) is 0 Å². The normalized spacial score (nSPS) is 20.3. The van der Waals surface area contributed by atoms with Gasteiger partial charge in [0, 0.05) is 31.5 Å². The first-order valence-electron chi connectivity index (χ1n) is 9.02. The number of rotatable bonds is 5. The first kappa shape index (κ1) is 19.8. The number of imidazole rings is 1. The van der Waals surface area contributed by atoms with E-state index >= 15 is 0 Å². The predicted molar refractivity (Wildman–Crippen MR) is 101 cm³/mol. The number of ether oxygens (including phenoxy) is 2. The highest BCUT2D eigenvalue weighted by Crippen LogP contribution is 2.35. The van der Waals surface area contributed by atoms with Crippen molar-refractivity contribution in [1.29, 1.82) is 0 Å².